The van der Waals surface area contributed by atoms with Gasteiger partial charge in [0.2, 0.25) is 0 Å². The summed E-state index contributed by atoms with van der Waals surface area (Å²) in [6, 6.07) is 0. The molecule has 0 aliphatic carbocycles. The molecular weight excluding hydrogens is 158 g/mol. The molecular formula is C12H23N. The third-order valence-corrected chi connectivity index (χ3v) is 2.16. The minimum Gasteiger partial charge on any atom is -0.385 e. The van der Waals surface area contributed by atoms with Gasteiger partial charge in [0, 0.05) is 12.2 Å². The summed E-state index contributed by atoms with van der Waals surface area (Å²) in [6.07, 6.45) is 2.20. The van der Waals surface area contributed by atoms with E-state index in [-0.39, 0.29) is 5.41 Å². The Morgan fingerprint density at radius 1 is 1.23 bits per heavy atom. The average Bonchev–Trinajstić information content (AvgIpc) is 1.99. The topological polar surface area (TPSA) is 12.0 Å². The van der Waals surface area contributed by atoms with Crippen molar-refractivity contribution >= 4 is 0 Å². The van der Waals surface area contributed by atoms with Gasteiger partial charge in [-0.3, -0.25) is 0 Å². The molecule has 0 rings (SSSR count). The van der Waals surface area contributed by atoms with Crippen molar-refractivity contribution in [3.05, 3.63) is 24.4 Å². The minimum atomic E-state index is 0.194. The Morgan fingerprint density at radius 2 is 1.77 bits per heavy atom. The van der Waals surface area contributed by atoms with Crippen LogP contribution in [0.2, 0.25) is 0 Å². The number of hydrogen-bond acceptors (Lipinski definition) is 1. The van der Waals surface area contributed by atoms with Crippen LogP contribution in [0.4, 0.5) is 0 Å². The molecule has 1 nitrogen and oxygen atoms in total. The highest BCUT2D eigenvalue weighted by molar-refractivity contribution is 5.09. The Balaban J connectivity index is 3.77. The monoisotopic (exact) mass is 181 g/mol. The molecule has 76 valence electrons. The molecule has 13 heavy (non-hydrogen) atoms. The lowest BCUT2D eigenvalue weighted by atomic mass is 9.87. The third-order valence-electron chi connectivity index (χ3n) is 2.16. The summed E-state index contributed by atoms with van der Waals surface area (Å²) in [5.74, 6) is 0. The Labute approximate surface area is 82.9 Å². The molecule has 0 aromatic carbocycles. The van der Waals surface area contributed by atoms with Gasteiger partial charge >= 0.3 is 0 Å². The summed E-state index contributed by atoms with van der Waals surface area (Å²) in [7, 11) is 0. The fraction of sp³-hybridized carbons (Fsp3) is 0.667. The Bertz CT molecular complexity index is 184. The van der Waals surface area contributed by atoms with Crippen molar-refractivity contribution in [3.63, 3.8) is 0 Å². The van der Waals surface area contributed by atoms with Crippen LogP contribution in [0.1, 0.15) is 40.5 Å². The molecule has 1 heteroatoms. The molecule has 0 unspecified atom stereocenters. The predicted octanol–water partition coefficient (Wildman–Crippen LogP) is 3.49. The van der Waals surface area contributed by atoms with Gasteiger partial charge in [-0.1, -0.05) is 52.8 Å². The van der Waals surface area contributed by atoms with E-state index in [1.54, 1.807) is 0 Å². The van der Waals surface area contributed by atoms with Gasteiger partial charge < -0.3 is 5.32 Å². The highest BCUT2D eigenvalue weighted by atomic mass is 14.9. The van der Waals surface area contributed by atoms with Crippen molar-refractivity contribution < 1.29 is 0 Å². The first-order chi connectivity index (χ1) is 5.88. The molecule has 0 amide bonds. The van der Waals surface area contributed by atoms with Crippen LogP contribution in [-0.4, -0.2) is 6.54 Å². The molecule has 0 aliphatic rings. The normalized spacial score (nSPS) is 11.1. The molecule has 0 aromatic rings. The van der Waals surface area contributed by atoms with Gasteiger partial charge in [0.25, 0.3) is 0 Å². The van der Waals surface area contributed by atoms with E-state index >= 15 is 0 Å². The Kier molecular flexibility index (Phi) is 4.82. The molecule has 0 aliphatic heterocycles. The van der Waals surface area contributed by atoms with E-state index in [0.29, 0.717) is 0 Å². The van der Waals surface area contributed by atoms with Gasteiger partial charge in [0.1, 0.15) is 0 Å². The second-order valence-corrected chi connectivity index (χ2v) is 4.56. The van der Waals surface area contributed by atoms with E-state index in [1.165, 1.54) is 5.57 Å². The maximum Gasteiger partial charge on any atom is 0.0359 e. The molecule has 0 radical (unpaired) electrons. The summed E-state index contributed by atoms with van der Waals surface area (Å²) >= 11 is 0. The van der Waals surface area contributed by atoms with E-state index < -0.39 is 0 Å². The average molecular weight is 181 g/mol. The Hall–Kier alpha value is -0.720. The van der Waals surface area contributed by atoms with Crippen LogP contribution in [0.25, 0.3) is 0 Å². The highest BCUT2D eigenvalue weighted by Gasteiger charge is 2.13. The molecule has 0 heterocycles. The quantitative estimate of drug-likeness (QED) is 0.640. The third kappa shape index (κ3) is 5.51. The first kappa shape index (κ1) is 12.3. The molecule has 0 aromatic heterocycles. The largest absolute Gasteiger partial charge is 0.385 e. The van der Waals surface area contributed by atoms with Crippen LogP contribution in [0, 0.1) is 5.41 Å². The van der Waals surface area contributed by atoms with Gasteiger partial charge in [-0.25, -0.2) is 0 Å². The molecule has 0 spiro atoms. The Morgan fingerprint density at radius 3 is 2.15 bits per heavy atom. The SMILES string of the molecule is C=C(CCC)NCC(=C)C(C)(C)C. The predicted molar refractivity (Wildman–Crippen MR) is 60.6 cm³/mol. The smallest absolute Gasteiger partial charge is 0.0359 e. The van der Waals surface area contributed by atoms with Crippen LogP contribution in [-0.2, 0) is 0 Å². The second kappa shape index (κ2) is 5.11. The maximum atomic E-state index is 4.05. The summed E-state index contributed by atoms with van der Waals surface area (Å²) in [6.45, 7) is 17.5. The molecule has 0 saturated carbocycles. The summed E-state index contributed by atoms with van der Waals surface area (Å²) in [5, 5.41) is 3.30. The van der Waals surface area contributed by atoms with Crippen molar-refractivity contribution in [2.24, 2.45) is 5.41 Å². The second-order valence-electron chi connectivity index (χ2n) is 4.56. The van der Waals surface area contributed by atoms with Gasteiger partial charge in [-0.05, 0) is 11.8 Å². The van der Waals surface area contributed by atoms with E-state index in [1.807, 2.05) is 0 Å². The summed E-state index contributed by atoms with van der Waals surface area (Å²) in [4.78, 5) is 0. The van der Waals surface area contributed by atoms with E-state index in [9.17, 15) is 0 Å². The fourth-order valence-corrected chi connectivity index (χ4v) is 0.887. The molecule has 1 N–H and O–H groups in total. The van der Waals surface area contributed by atoms with Gasteiger partial charge in [0.05, 0.1) is 0 Å². The van der Waals surface area contributed by atoms with Gasteiger partial charge in [0.15, 0.2) is 0 Å². The van der Waals surface area contributed by atoms with Crippen molar-refractivity contribution in [2.45, 2.75) is 40.5 Å². The molecule has 0 atom stereocenters. The van der Waals surface area contributed by atoms with Gasteiger partial charge in [-0.15, -0.1) is 0 Å². The van der Waals surface area contributed by atoms with Crippen LogP contribution >= 0.6 is 0 Å². The zero-order valence-electron chi connectivity index (χ0n) is 9.54. The summed E-state index contributed by atoms with van der Waals surface area (Å²) in [5.41, 5.74) is 2.54. The number of rotatable bonds is 5. The van der Waals surface area contributed by atoms with Crippen molar-refractivity contribution in [1.82, 2.24) is 5.32 Å². The molecule has 0 fully saturated rings. The lowest BCUT2D eigenvalue weighted by Gasteiger charge is -2.22. The van der Waals surface area contributed by atoms with Crippen LogP contribution in [0.5, 0.6) is 0 Å². The first-order valence-electron chi connectivity index (χ1n) is 4.97. The van der Waals surface area contributed by atoms with Crippen LogP contribution in [0.15, 0.2) is 24.4 Å². The maximum absolute atomic E-state index is 4.05. The van der Waals surface area contributed by atoms with Crippen molar-refractivity contribution in [3.8, 4) is 0 Å². The molecule has 0 saturated heterocycles. The lowest BCUT2D eigenvalue weighted by Crippen LogP contribution is -2.22. The zero-order valence-corrected chi connectivity index (χ0v) is 9.54. The van der Waals surface area contributed by atoms with E-state index in [0.717, 1.165) is 25.1 Å². The number of nitrogens with one attached hydrogen (secondary N) is 1. The van der Waals surface area contributed by atoms with Crippen molar-refractivity contribution in [1.29, 1.82) is 0 Å². The van der Waals surface area contributed by atoms with E-state index in [4.69, 9.17) is 0 Å². The van der Waals surface area contributed by atoms with Crippen LogP contribution < -0.4 is 5.32 Å². The first-order valence-corrected chi connectivity index (χ1v) is 4.97. The van der Waals surface area contributed by atoms with Crippen molar-refractivity contribution in [2.75, 3.05) is 6.54 Å². The highest BCUT2D eigenvalue weighted by Crippen LogP contribution is 2.22. The minimum absolute atomic E-state index is 0.194. The lowest BCUT2D eigenvalue weighted by molar-refractivity contribution is 0.487. The zero-order chi connectivity index (χ0) is 10.5. The summed E-state index contributed by atoms with van der Waals surface area (Å²) < 4.78 is 0. The number of allylic oxidation sites excluding steroid dienone is 1. The van der Waals surface area contributed by atoms with E-state index in [2.05, 4.69) is 46.2 Å². The van der Waals surface area contributed by atoms with Crippen LogP contribution in [0.3, 0.4) is 0 Å². The number of hydrogen-bond donors (Lipinski definition) is 1. The molecule has 0 bridgehead atoms. The fourth-order valence-electron chi connectivity index (χ4n) is 0.887. The standard InChI is InChI=1S/C12H23N/c1-7-8-11(3)13-9-10(2)12(4,5)6/h13H,2-3,7-9H2,1,4-6H3. The van der Waals surface area contributed by atoms with Gasteiger partial charge in [-0.2, -0.15) is 0 Å².